The van der Waals surface area contributed by atoms with Gasteiger partial charge in [0.15, 0.2) is 0 Å². The SMILES string of the molecule is CCCN1CCC2(CC1)CN(CC)C(=O)C1(CC1)O2. The fourth-order valence-electron chi connectivity index (χ4n) is 3.64. The lowest BCUT2D eigenvalue weighted by Crippen LogP contribution is -2.62. The van der Waals surface area contributed by atoms with Gasteiger partial charge in [0.05, 0.1) is 5.60 Å². The lowest BCUT2D eigenvalue weighted by molar-refractivity contribution is -0.200. The minimum atomic E-state index is -0.415. The first-order valence-corrected chi connectivity index (χ1v) is 7.85. The zero-order chi connectivity index (χ0) is 13.5. The number of morpholine rings is 1. The molecule has 0 unspecified atom stereocenters. The van der Waals surface area contributed by atoms with E-state index in [9.17, 15) is 4.79 Å². The standard InChI is InChI=1S/C15H26N2O2/c1-3-9-16-10-7-14(8-11-16)12-17(4-2)13(18)15(19-14)5-6-15/h3-12H2,1-2H3. The van der Waals surface area contributed by atoms with Gasteiger partial charge in [0, 0.05) is 26.2 Å². The molecule has 0 aromatic carbocycles. The van der Waals surface area contributed by atoms with Crippen LogP contribution in [0.15, 0.2) is 0 Å². The second kappa shape index (κ2) is 4.74. The minimum Gasteiger partial charge on any atom is -0.357 e. The average Bonchev–Trinajstić information content (AvgIpc) is 3.18. The third-order valence-corrected chi connectivity index (χ3v) is 4.96. The third-order valence-electron chi connectivity index (χ3n) is 4.96. The Bertz CT molecular complexity index is 357. The fourth-order valence-corrected chi connectivity index (χ4v) is 3.64. The Kier molecular flexibility index (Phi) is 3.34. The number of nitrogens with zero attached hydrogens (tertiary/aromatic N) is 2. The molecule has 3 rings (SSSR count). The number of piperidine rings is 1. The quantitative estimate of drug-likeness (QED) is 0.778. The van der Waals surface area contributed by atoms with E-state index in [1.165, 1.54) is 13.0 Å². The number of rotatable bonds is 3. The van der Waals surface area contributed by atoms with Gasteiger partial charge in [-0.2, -0.15) is 0 Å². The molecule has 2 aliphatic heterocycles. The second-order valence-electron chi connectivity index (χ2n) is 6.44. The summed E-state index contributed by atoms with van der Waals surface area (Å²) in [5.41, 5.74) is -0.466. The molecule has 4 heteroatoms. The zero-order valence-corrected chi connectivity index (χ0v) is 12.3. The smallest absolute Gasteiger partial charge is 0.254 e. The van der Waals surface area contributed by atoms with Gasteiger partial charge < -0.3 is 14.5 Å². The molecule has 0 radical (unpaired) electrons. The summed E-state index contributed by atoms with van der Waals surface area (Å²) < 4.78 is 6.37. The molecule has 19 heavy (non-hydrogen) atoms. The van der Waals surface area contributed by atoms with Crippen molar-refractivity contribution in [2.24, 2.45) is 0 Å². The van der Waals surface area contributed by atoms with Crippen LogP contribution in [0.4, 0.5) is 0 Å². The molecule has 1 amide bonds. The van der Waals surface area contributed by atoms with E-state index in [1.807, 2.05) is 4.90 Å². The molecule has 108 valence electrons. The molecule has 3 fully saturated rings. The monoisotopic (exact) mass is 266 g/mol. The fraction of sp³-hybridized carbons (Fsp3) is 0.933. The van der Waals surface area contributed by atoms with E-state index in [2.05, 4.69) is 18.7 Å². The molecule has 0 aromatic rings. The van der Waals surface area contributed by atoms with Crippen LogP contribution in [0.1, 0.15) is 46.0 Å². The van der Waals surface area contributed by atoms with Crippen molar-refractivity contribution < 1.29 is 9.53 Å². The first-order valence-electron chi connectivity index (χ1n) is 7.85. The van der Waals surface area contributed by atoms with E-state index in [0.29, 0.717) is 0 Å². The van der Waals surface area contributed by atoms with Crippen LogP contribution in [0.3, 0.4) is 0 Å². The Morgan fingerprint density at radius 2 is 1.84 bits per heavy atom. The van der Waals surface area contributed by atoms with Crippen molar-refractivity contribution >= 4 is 5.91 Å². The highest BCUT2D eigenvalue weighted by atomic mass is 16.5. The number of ether oxygens (including phenoxy) is 1. The summed E-state index contributed by atoms with van der Waals surface area (Å²) in [6, 6.07) is 0. The molecule has 2 saturated heterocycles. The van der Waals surface area contributed by atoms with Crippen molar-refractivity contribution in [3.05, 3.63) is 0 Å². The lowest BCUT2D eigenvalue weighted by Gasteiger charge is -2.50. The zero-order valence-electron chi connectivity index (χ0n) is 12.3. The van der Waals surface area contributed by atoms with Crippen LogP contribution in [0.2, 0.25) is 0 Å². The maximum absolute atomic E-state index is 12.3. The van der Waals surface area contributed by atoms with Crippen LogP contribution in [0.5, 0.6) is 0 Å². The minimum absolute atomic E-state index is 0.0509. The Morgan fingerprint density at radius 1 is 1.16 bits per heavy atom. The Hall–Kier alpha value is -0.610. The molecule has 3 aliphatic rings. The van der Waals surface area contributed by atoms with Gasteiger partial charge in [0.2, 0.25) is 0 Å². The van der Waals surface area contributed by atoms with E-state index in [-0.39, 0.29) is 11.5 Å². The third kappa shape index (κ3) is 2.29. The molecule has 0 aromatic heterocycles. The lowest BCUT2D eigenvalue weighted by atomic mass is 9.88. The number of hydrogen-bond donors (Lipinski definition) is 0. The summed E-state index contributed by atoms with van der Waals surface area (Å²) >= 11 is 0. The second-order valence-corrected chi connectivity index (χ2v) is 6.44. The molecule has 1 aliphatic carbocycles. The van der Waals surface area contributed by atoms with Crippen LogP contribution < -0.4 is 0 Å². The summed E-state index contributed by atoms with van der Waals surface area (Å²) in [6.07, 6.45) is 5.25. The Balaban J connectivity index is 1.70. The van der Waals surface area contributed by atoms with Gasteiger partial charge in [-0.05, 0) is 45.6 Å². The maximum Gasteiger partial charge on any atom is 0.254 e. The molecule has 4 nitrogen and oxygen atoms in total. The summed E-state index contributed by atoms with van der Waals surface area (Å²) in [6.45, 7) is 9.38. The summed E-state index contributed by atoms with van der Waals surface area (Å²) in [5.74, 6) is 0.247. The number of amides is 1. The van der Waals surface area contributed by atoms with Gasteiger partial charge in [-0.3, -0.25) is 4.79 Å². The van der Waals surface area contributed by atoms with Crippen LogP contribution in [-0.4, -0.2) is 59.6 Å². The molecular weight excluding hydrogens is 240 g/mol. The number of hydrogen-bond acceptors (Lipinski definition) is 3. The molecule has 0 bridgehead atoms. The molecule has 1 saturated carbocycles. The number of carbonyl (C=O) groups excluding carboxylic acids is 1. The van der Waals surface area contributed by atoms with E-state index in [4.69, 9.17) is 4.74 Å². The maximum atomic E-state index is 12.3. The molecule has 0 N–H and O–H groups in total. The molecule has 2 heterocycles. The van der Waals surface area contributed by atoms with Gasteiger partial charge in [-0.15, -0.1) is 0 Å². The first-order chi connectivity index (χ1) is 9.13. The van der Waals surface area contributed by atoms with Crippen molar-refractivity contribution in [2.45, 2.75) is 57.2 Å². The average molecular weight is 266 g/mol. The summed E-state index contributed by atoms with van der Waals surface area (Å²) in [5, 5.41) is 0. The van der Waals surface area contributed by atoms with Crippen molar-refractivity contribution in [3.63, 3.8) is 0 Å². The normalized spacial score (nSPS) is 29.2. The molecular formula is C15H26N2O2. The van der Waals surface area contributed by atoms with E-state index in [1.54, 1.807) is 0 Å². The number of carbonyl (C=O) groups is 1. The number of likely N-dealkylation sites (tertiary alicyclic amines) is 1. The van der Waals surface area contributed by atoms with E-state index < -0.39 is 5.60 Å². The van der Waals surface area contributed by atoms with Crippen LogP contribution in [0.25, 0.3) is 0 Å². The predicted octanol–water partition coefficient (Wildman–Crippen LogP) is 1.64. The Morgan fingerprint density at radius 3 is 2.37 bits per heavy atom. The highest BCUT2D eigenvalue weighted by Crippen LogP contribution is 2.49. The van der Waals surface area contributed by atoms with Gasteiger partial charge in [-0.25, -0.2) is 0 Å². The van der Waals surface area contributed by atoms with Gasteiger partial charge in [0.1, 0.15) is 5.60 Å². The topological polar surface area (TPSA) is 32.8 Å². The highest BCUT2D eigenvalue weighted by molar-refractivity contribution is 5.89. The van der Waals surface area contributed by atoms with Gasteiger partial charge in [-0.1, -0.05) is 6.92 Å². The van der Waals surface area contributed by atoms with Crippen LogP contribution in [-0.2, 0) is 9.53 Å². The number of likely N-dealkylation sites (N-methyl/N-ethyl adjacent to an activating group) is 1. The van der Waals surface area contributed by atoms with Crippen molar-refractivity contribution in [3.8, 4) is 0 Å². The van der Waals surface area contributed by atoms with E-state index >= 15 is 0 Å². The predicted molar refractivity (Wildman–Crippen MR) is 74.0 cm³/mol. The van der Waals surface area contributed by atoms with E-state index in [0.717, 1.165) is 51.9 Å². The van der Waals surface area contributed by atoms with Crippen molar-refractivity contribution in [1.29, 1.82) is 0 Å². The van der Waals surface area contributed by atoms with Gasteiger partial charge >= 0.3 is 0 Å². The molecule has 0 atom stereocenters. The summed E-state index contributed by atoms with van der Waals surface area (Å²) in [7, 11) is 0. The van der Waals surface area contributed by atoms with Crippen LogP contribution >= 0.6 is 0 Å². The van der Waals surface area contributed by atoms with Gasteiger partial charge in [0.25, 0.3) is 5.91 Å². The summed E-state index contributed by atoms with van der Waals surface area (Å²) in [4.78, 5) is 16.9. The van der Waals surface area contributed by atoms with Crippen LogP contribution in [0, 0.1) is 0 Å². The van der Waals surface area contributed by atoms with Crippen molar-refractivity contribution in [1.82, 2.24) is 9.80 Å². The first kappa shape index (κ1) is 13.4. The highest BCUT2D eigenvalue weighted by Gasteiger charge is 2.61. The Labute approximate surface area is 116 Å². The van der Waals surface area contributed by atoms with Crippen molar-refractivity contribution in [2.75, 3.05) is 32.7 Å². The molecule has 2 spiro atoms. The largest absolute Gasteiger partial charge is 0.357 e.